The minimum absolute atomic E-state index is 0.0607. The van der Waals surface area contributed by atoms with E-state index in [1.807, 2.05) is 29.8 Å². The number of benzene rings is 2. The number of nitrogens with zero attached hydrogens (tertiary/aromatic N) is 2. The molecule has 2 aliphatic rings. The van der Waals surface area contributed by atoms with E-state index in [1.165, 1.54) is 16.8 Å². The summed E-state index contributed by atoms with van der Waals surface area (Å²) < 4.78 is 9.18. The van der Waals surface area contributed by atoms with Gasteiger partial charge in [-0.1, -0.05) is 18.2 Å². The van der Waals surface area contributed by atoms with Gasteiger partial charge in [-0.3, -0.25) is 4.79 Å². The fraction of sp³-hybridized carbons (Fsp3) is 0.321. The van der Waals surface area contributed by atoms with Crippen LogP contribution in [-0.4, -0.2) is 36.2 Å². The fourth-order valence-electron chi connectivity index (χ4n) is 5.25. The van der Waals surface area contributed by atoms with E-state index in [0.717, 1.165) is 67.1 Å². The van der Waals surface area contributed by atoms with Crippen LogP contribution in [0, 0.1) is 0 Å². The average molecular weight is 487 g/mol. The smallest absolute Gasteiger partial charge is 0.272 e. The number of aryl methyl sites for hydroxylation is 1. The van der Waals surface area contributed by atoms with E-state index in [1.54, 1.807) is 11.3 Å². The maximum absolute atomic E-state index is 13.2. The van der Waals surface area contributed by atoms with Gasteiger partial charge in [0.1, 0.15) is 17.5 Å². The number of thiophene rings is 1. The van der Waals surface area contributed by atoms with Crippen molar-refractivity contribution in [1.29, 1.82) is 0 Å². The van der Waals surface area contributed by atoms with Gasteiger partial charge in [0, 0.05) is 38.1 Å². The summed E-state index contributed by atoms with van der Waals surface area (Å²) in [5.74, 6) is 0.876. The Labute approximate surface area is 209 Å². The molecule has 35 heavy (non-hydrogen) atoms. The molecule has 1 atom stereocenters. The third kappa shape index (κ3) is 4.42. The van der Waals surface area contributed by atoms with Gasteiger partial charge < -0.3 is 24.8 Å². The first-order valence-electron chi connectivity index (χ1n) is 12.3. The molecule has 4 heterocycles. The molecule has 0 saturated carbocycles. The number of carbonyl (C=O) groups excluding carboxylic acids is 1. The summed E-state index contributed by atoms with van der Waals surface area (Å²) in [6, 6.07) is 18.8. The summed E-state index contributed by atoms with van der Waals surface area (Å²) in [6.45, 7) is 3.80. The van der Waals surface area contributed by atoms with Crippen LogP contribution < -0.4 is 20.3 Å². The standard InChI is InChI=1S/C28H30N4O2S/c1-31-25-12-15-35-27(25)16-26(31)28(33)30-23-5-2-6-24-22(23)4-3-14-32(24)18-19-7-9-20(10-8-19)34-21-11-13-29-17-21/h2,5-10,12,15-16,21,29H,3-4,11,13-14,17-18H2,1H3,(H,30,33). The van der Waals surface area contributed by atoms with Crippen molar-refractivity contribution in [2.45, 2.75) is 31.9 Å². The van der Waals surface area contributed by atoms with Gasteiger partial charge >= 0.3 is 0 Å². The average Bonchev–Trinajstić information content (AvgIpc) is 3.61. The number of ether oxygens (including phenoxy) is 1. The molecule has 0 radical (unpaired) electrons. The third-order valence-electron chi connectivity index (χ3n) is 7.11. The Kier molecular flexibility index (Phi) is 5.96. The van der Waals surface area contributed by atoms with E-state index in [-0.39, 0.29) is 12.0 Å². The zero-order valence-electron chi connectivity index (χ0n) is 19.9. The molecule has 0 bridgehead atoms. The Balaban J connectivity index is 1.18. The molecule has 1 amide bonds. The van der Waals surface area contributed by atoms with Crippen molar-refractivity contribution in [2.24, 2.45) is 7.05 Å². The van der Waals surface area contributed by atoms with Crippen molar-refractivity contribution in [3.8, 4) is 5.75 Å². The molecule has 180 valence electrons. The number of rotatable bonds is 6. The highest BCUT2D eigenvalue weighted by Crippen LogP contribution is 2.34. The predicted octanol–water partition coefficient (Wildman–Crippen LogP) is 5.19. The zero-order valence-corrected chi connectivity index (χ0v) is 20.7. The number of hydrogen-bond donors (Lipinski definition) is 2. The Morgan fingerprint density at radius 1 is 1.20 bits per heavy atom. The second-order valence-electron chi connectivity index (χ2n) is 9.42. The highest BCUT2D eigenvalue weighted by molar-refractivity contribution is 7.17. The molecule has 1 unspecified atom stereocenters. The molecule has 4 aromatic rings. The molecular formula is C28H30N4O2S. The summed E-state index contributed by atoms with van der Waals surface area (Å²) in [6.07, 6.45) is 3.37. The Hall–Kier alpha value is -3.29. The van der Waals surface area contributed by atoms with E-state index >= 15 is 0 Å². The number of carbonyl (C=O) groups is 1. The lowest BCUT2D eigenvalue weighted by Gasteiger charge is -2.32. The lowest BCUT2D eigenvalue weighted by atomic mass is 9.98. The van der Waals surface area contributed by atoms with Crippen molar-refractivity contribution in [3.63, 3.8) is 0 Å². The molecule has 6 nitrogen and oxygen atoms in total. The van der Waals surface area contributed by atoms with Crippen molar-refractivity contribution < 1.29 is 9.53 Å². The number of fused-ring (bicyclic) bond motifs is 2. The Bertz CT molecular complexity index is 1350. The highest BCUT2D eigenvalue weighted by Gasteiger charge is 2.22. The number of anilines is 2. The minimum atomic E-state index is -0.0607. The first-order chi connectivity index (χ1) is 17.2. The summed E-state index contributed by atoms with van der Waals surface area (Å²) in [5, 5.41) is 8.60. The second kappa shape index (κ2) is 9.40. The maximum Gasteiger partial charge on any atom is 0.272 e. The van der Waals surface area contributed by atoms with Crippen LogP contribution in [0.25, 0.3) is 10.2 Å². The van der Waals surface area contributed by atoms with E-state index in [4.69, 9.17) is 4.74 Å². The Morgan fingerprint density at radius 2 is 2.09 bits per heavy atom. The van der Waals surface area contributed by atoms with E-state index in [0.29, 0.717) is 5.69 Å². The monoisotopic (exact) mass is 486 g/mol. The van der Waals surface area contributed by atoms with Gasteiger partial charge in [-0.25, -0.2) is 0 Å². The lowest BCUT2D eigenvalue weighted by molar-refractivity contribution is 0.101. The first kappa shape index (κ1) is 22.2. The number of nitrogens with one attached hydrogen (secondary N) is 2. The molecule has 7 heteroatoms. The topological polar surface area (TPSA) is 58.5 Å². The van der Waals surface area contributed by atoms with Crippen molar-refractivity contribution >= 4 is 38.8 Å². The largest absolute Gasteiger partial charge is 0.489 e. The summed E-state index contributed by atoms with van der Waals surface area (Å²) >= 11 is 1.66. The van der Waals surface area contributed by atoms with Crippen LogP contribution in [-0.2, 0) is 20.0 Å². The van der Waals surface area contributed by atoms with Crippen LogP contribution in [0.3, 0.4) is 0 Å². The molecule has 2 aromatic heterocycles. The van der Waals surface area contributed by atoms with E-state index in [2.05, 4.69) is 57.3 Å². The highest BCUT2D eigenvalue weighted by atomic mass is 32.1. The molecular weight excluding hydrogens is 456 g/mol. The molecule has 6 rings (SSSR count). The molecule has 2 aliphatic heterocycles. The lowest BCUT2D eigenvalue weighted by Crippen LogP contribution is -2.29. The second-order valence-corrected chi connectivity index (χ2v) is 10.4. The van der Waals surface area contributed by atoms with E-state index < -0.39 is 0 Å². The molecule has 2 N–H and O–H groups in total. The molecule has 1 fully saturated rings. The molecule has 2 aromatic carbocycles. The van der Waals surface area contributed by atoms with Crippen LogP contribution in [0.5, 0.6) is 5.75 Å². The summed E-state index contributed by atoms with van der Waals surface area (Å²) in [5.41, 5.74) is 6.38. The first-order valence-corrected chi connectivity index (χ1v) is 13.2. The summed E-state index contributed by atoms with van der Waals surface area (Å²) in [7, 11) is 1.95. The maximum atomic E-state index is 13.2. The van der Waals surface area contributed by atoms with Crippen molar-refractivity contribution in [3.05, 3.63) is 76.8 Å². The van der Waals surface area contributed by atoms with Gasteiger partial charge in [-0.15, -0.1) is 11.3 Å². The third-order valence-corrected chi connectivity index (χ3v) is 7.96. The SMILES string of the molecule is Cn1c(C(=O)Nc2cccc3c2CCCN3Cc2ccc(OC3CCNC3)cc2)cc2sccc21. The van der Waals surface area contributed by atoms with Crippen LogP contribution in [0.15, 0.2) is 60.0 Å². The number of hydrogen-bond acceptors (Lipinski definition) is 5. The van der Waals surface area contributed by atoms with Gasteiger partial charge in [0.05, 0.1) is 10.2 Å². The van der Waals surface area contributed by atoms with E-state index in [9.17, 15) is 4.79 Å². The molecule has 0 aliphatic carbocycles. The van der Waals surface area contributed by atoms with Gasteiger partial charge in [-0.2, -0.15) is 0 Å². The van der Waals surface area contributed by atoms with Crippen molar-refractivity contribution in [2.75, 3.05) is 29.9 Å². The fourth-order valence-corrected chi connectivity index (χ4v) is 6.10. The minimum Gasteiger partial charge on any atom is -0.489 e. The number of aromatic nitrogens is 1. The predicted molar refractivity (Wildman–Crippen MR) is 143 cm³/mol. The van der Waals surface area contributed by atoms with Crippen LogP contribution >= 0.6 is 11.3 Å². The quantitative estimate of drug-likeness (QED) is 0.394. The van der Waals surface area contributed by atoms with Gasteiger partial charge in [0.2, 0.25) is 0 Å². The van der Waals surface area contributed by atoms with Crippen LogP contribution in [0.2, 0.25) is 0 Å². The molecule has 1 saturated heterocycles. The van der Waals surface area contributed by atoms with Crippen LogP contribution in [0.4, 0.5) is 11.4 Å². The van der Waals surface area contributed by atoms with Gasteiger partial charge in [0.15, 0.2) is 0 Å². The Morgan fingerprint density at radius 3 is 2.89 bits per heavy atom. The van der Waals surface area contributed by atoms with Crippen molar-refractivity contribution in [1.82, 2.24) is 9.88 Å². The normalized spacial score (nSPS) is 17.5. The number of amides is 1. The summed E-state index contributed by atoms with van der Waals surface area (Å²) in [4.78, 5) is 15.6. The van der Waals surface area contributed by atoms with Crippen LogP contribution in [0.1, 0.15) is 34.5 Å². The molecule has 0 spiro atoms. The van der Waals surface area contributed by atoms with Gasteiger partial charge in [-0.05, 0) is 78.7 Å². The zero-order chi connectivity index (χ0) is 23.8. The van der Waals surface area contributed by atoms with Gasteiger partial charge in [0.25, 0.3) is 5.91 Å².